The van der Waals surface area contributed by atoms with Crippen LogP contribution in [0.15, 0.2) is 6.20 Å². The van der Waals surface area contributed by atoms with Gasteiger partial charge in [0.2, 0.25) is 0 Å². The first kappa shape index (κ1) is 12.7. The number of methoxy groups -OCH3 is 1. The van der Waals surface area contributed by atoms with Crippen molar-refractivity contribution in [2.45, 2.75) is 6.43 Å². The fraction of sp³-hybridized carbons (Fsp3) is 0.250. The average molecular weight is 247 g/mol. The highest BCUT2D eigenvalue weighted by molar-refractivity contribution is 5.99. The molecule has 0 atom stereocenters. The Morgan fingerprint density at radius 2 is 2.24 bits per heavy atom. The number of halogens is 2. The van der Waals surface area contributed by atoms with Gasteiger partial charge >= 0.3 is 11.7 Å². The number of nitrogens with zero attached hydrogens (tertiary/aromatic N) is 2. The number of hydrogen-bond acceptors (Lipinski definition) is 6. The van der Waals surface area contributed by atoms with Gasteiger partial charge in [0.15, 0.2) is 11.3 Å². The second-order valence-electron chi connectivity index (χ2n) is 2.87. The number of ether oxygens (including phenoxy) is 1. The average Bonchev–Trinajstić information content (AvgIpc) is 2.26. The van der Waals surface area contributed by atoms with E-state index in [9.17, 15) is 23.7 Å². The Bertz CT molecular complexity index is 478. The minimum Gasteiger partial charge on any atom is -0.465 e. The molecule has 1 rings (SSSR count). The number of aromatic nitrogens is 1. The number of anilines is 1. The predicted octanol–water partition coefficient (Wildman–Crippen LogP) is 1.30. The molecule has 92 valence electrons. The highest BCUT2D eigenvalue weighted by atomic mass is 19.3. The standard InChI is InChI=1S/C8H7F2N3O4/c1-17-8(14)4-3(11)2-12-5(7(9)10)6(4)13(15)16/h2,7H,11H2,1H3. The van der Waals surface area contributed by atoms with Crippen LogP contribution < -0.4 is 5.73 Å². The normalized spacial score (nSPS) is 10.4. The number of esters is 1. The fourth-order valence-electron chi connectivity index (χ4n) is 1.19. The number of carbonyl (C=O) groups is 1. The Labute approximate surface area is 93.3 Å². The number of pyridine rings is 1. The van der Waals surface area contributed by atoms with Gasteiger partial charge in [-0.2, -0.15) is 0 Å². The van der Waals surface area contributed by atoms with Gasteiger partial charge in [0.05, 0.1) is 23.9 Å². The van der Waals surface area contributed by atoms with Crippen LogP contribution in [0.3, 0.4) is 0 Å². The Morgan fingerprint density at radius 1 is 1.65 bits per heavy atom. The third-order valence-electron chi connectivity index (χ3n) is 1.89. The Balaban J connectivity index is 3.60. The Kier molecular flexibility index (Phi) is 3.51. The molecule has 0 fully saturated rings. The number of alkyl halides is 2. The lowest BCUT2D eigenvalue weighted by molar-refractivity contribution is -0.386. The summed E-state index contributed by atoms with van der Waals surface area (Å²) in [5.74, 6) is -1.17. The summed E-state index contributed by atoms with van der Waals surface area (Å²) in [7, 11) is 0.952. The van der Waals surface area contributed by atoms with Crippen molar-refractivity contribution in [2.24, 2.45) is 0 Å². The number of nitrogens with two attached hydrogens (primary N) is 1. The third-order valence-corrected chi connectivity index (χ3v) is 1.89. The van der Waals surface area contributed by atoms with E-state index >= 15 is 0 Å². The lowest BCUT2D eigenvalue weighted by Gasteiger charge is -2.07. The molecule has 0 bridgehead atoms. The van der Waals surface area contributed by atoms with Gasteiger partial charge in [0, 0.05) is 0 Å². The number of carbonyl (C=O) groups excluding carboxylic acids is 1. The van der Waals surface area contributed by atoms with E-state index in [1.54, 1.807) is 0 Å². The molecule has 0 radical (unpaired) electrons. The summed E-state index contributed by atoms with van der Waals surface area (Å²) in [6.07, 6.45) is -2.44. The number of rotatable bonds is 3. The summed E-state index contributed by atoms with van der Waals surface area (Å²) in [4.78, 5) is 24.0. The molecule has 17 heavy (non-hydrogen) atoms. The minimum atomic E-state index is -3.19. The molecular weight excluding hydrogens is 240 g/mol. The van der Waals surface area contributed by atoms with Crippen LogP contribution in [0.25, 0.3) is 0 Å². The quantitative estimate of drug-likeness (QED) is 0.489. The molecule has 2 N–H and O–H groups in total. The molecule has 7 nitrogen and oxygen atoms in total. The summed E-state index contributed by atoms with van der Waals surface area (Å²) >= 11 is 0. The highest BCUT2D eigenvalue weighted by Crippen LogP contribution is 2.33. The summed E-state index contributed by atoms with van der Waals surface area (Å²) in [5, 5.41) is 10.7. The van der Waals surface area contributed by atoms with Crippen molar-refractivity contribution in [1.82, 2.24) is 4.98 Å². The molecular formula is C8H7F2N3O4. The topological polar surface area (TPSA) is 108 Å². The van der Waals surface area contributed by atoms with Crippen LogP contribution >= 0.6 is 0 Å². The smallest absolute Gasteiger partial charge is 0.347 e. The molecule has 0 aliphatic heterocycles. The second kappa shape index (κ2) is 4.68. The highest BCUT2D eigenvalue weighted by Gasteiger charge is 2.33. The van der Waals surface area contributed by atoms with Gasteiger partial charge in [-0.25, -0.2) is 18.6 Å². The van der Waals surface area contributed by atoms with Crippen LogP contribution in [0.5, 0.6) is 0 Å². The Hall–Kier alpha value is -2.32. The first-order valence-electron chi connectivity index (χ1n) is 4.19. The maximum atomic E-state index is 12.5. The summed E-state index contributed by atoms with van der Waals surface area (Å²) in [6.45, 7) is 0. The Morgan fingerprint density at radius 3 is 2.65 bits per heavy atom. The summed E-state index contributed by atoms with van der Waals surface area (Å²) < 4.78 is 29.3. The van der Waals surface area contributed by atoms with Crippen molar-refractivity contribution in [3.63, 3.8) is 0 Å². The van der Waals surface area contributed by atoms with Crippen molar-refractivity contribution in [1.29, 1.82) is 0 Å². The first-order valence-corrected chi connectivity index (χ1v) is 4.19. The van der Waals surface area contributed by atoms with Gasteiger partial charge in [-0.15, -0.1) is 0 Å². The minimum absolute atomic E-state index is 0.395. The number of nitrogen functional groups attached to an aromatic ring is 1. The largest absolute Gasteiger partial charge is 0.465 e. The van der Waals surface area contributed by atoms with E-state index in [1.807, 2.05) is 0 Å². The zero-order valence-corrected chi connectivity index (χ0v) is 8.52. The van der Waals surface area contributed by atoms with Gasteiger partial charge in [0.25, 0.3) is 6.43 Å². The summed E-state index contributed by atoms with van der Waals surface area (Å²) in [6, 6.07) is 0. The van der Waals surface area contributed by atoms with Crippen LogP contribution in [0, 0.1) is 10.1 Å². The van der Waals surface area contributed by atoms with Gasteiger partial charge in [0.1, 0.15) is 0 Å². The zero-order valence-electron chi connectivity index (χ0n) is 8.52. The van der Waals surface area contributed by atoms with Gasteiger partial charge in [-0.05, 0) is 0 Å². The van der Waals surface area contributed by atoms with Crippen LogP contribution in [0.2, 0.25) is 0 Å². The van der Waals surface area contributed by atoms with E-state index in [0.717, 1.165) is 13.3 Å². The van der Waals surface area contributed by atoms with E-state index in [-0.39, 0.29) is 0 Å². The molecule has 1 heterocycles. The maximum Gasteiger partial charge on any atom is 0.347 e. The molecule has 0 spiro atoms. The van der Waals surface area contributed by atoms with E-state index in [4.69, 9.17) is 5.73 Å². The number of hydrogen-bond donors (Lipinski definition) is 1. The van der Waals surface area contributed by atoms with Crippen molar-refractivity contribution in [3.8, 4) is 0 Å². The third kappa shape index (κ3) is 2.27. The monoisotopic (exact) mass is 247 g/mol. The lowest BCUT2D eigenvalue weighted by atomic mass is 10.1. The summed E-state index contributed by atoms with van der Waals surface area (Å²) in [5.41, 5.74) is 1.92. The molecule has 1 aromatic rings. The van der Waals surface area contributed by atoms with Crippen molar-refractivity contribution >= 4 is 17.3 Å². The van der Waals surface area contributed by atoms with Crippen molar-refractivity contribution in [3.05, 3.63) is 27.6 Å². The first-order chi connectivity index (χ1) is 7.90. The molecule has 0 amide bonds. The van der Waals surface area contributed by atoms with E-state index in [2.05, 4.69) is 9.72 Å². The molecule has 0 saturated carbocycles. The van der Waals surface area contributed by atoms with Crippen LogP contribution in [-0.4, -0.2) is 23.0 Å². The van der Waals surface area contributed by atoms with E-state index < -0.39 is 40.0 Å². The molecule has 0 aliphatic rings. The van der Waals surface area contributed by atoms with Gasteiger partial charge < -0.3 is 10.5 Å². The fourth-order valence-corrected chi connectivity index (χ4v) is 1.19. The molecule has 0 aromatic carbocycles. The molecule has 0 unspecified atom stereocenters. The molecule has 0 aliphatic carbocycles. The molecule has 1 aromatic heterocycles. The predicted molar refractivity (Wildman–Crippen MR) is 51.6 cm³/mol. The van der Waals surface area contributed by atoms with Crippen molar-refractivity contribution in [2.75, 3.05) is 12.8 Å². The van der Waals surface area contributed by atoms with E-state index in [1.165, 1.54) is 0 Å². The van der Waals surface area contributed by atoms with Gasteiger partial charge in [-0.1, -0.05) is 0 Å². The van der Waals surface area contributed by atoms with Crippen LogP contribution in [-0.2, 0) is 4.74 Å². The van der Waals surface area contributed by atoms with Gasteiger partial charge in [-0.3, -0.25) is 10.1 Å². The molecule has 9 heteroatoms. The SMILES string of the molecule is COC(=O)c1c(N)cnc(C(F)F)c1[N+](=O)[O-]. The van der Waals surface area contributed by atoms with Crippen LogP contribution in [0.1, 0.15) is 22.5 Å². The van der Waals surface area contributed by atoms with Crippen LogP contribution in [0.4, 0.5) is 20.2 Å². The van der Waals surface area contributed by atoms with E-state index in [0.29, 0.717) is 0 Å². The number of nitro groups is 1. The lowest BCUT2D eigenvalue weighted by Crippen LogP contribution is -2.13. The zero-order chi connectivity index (χ0) is 13.2. The maximum absolute atomic E-state index is 12.5. The second-order valence-corrected chi connectivity index (χ2v) is 2.87. The van der Waals surface area contributed by atoms with Crippen molar-refractivity contribution < 1.29 is 23.2 Å². The molecule has 0 saturated heterocycles.